The largest absolute Gasteiger partial charge is 0.463 e. The van der Waals surface area contributed by atoms with E-state index in [4.69, 9.17) is 21.1 Å². The van der Waals surface area contributed by atoms with Crippen LogP contribution in [0.25, 0.3) is 0 Å². The van der Waals surface area contributed by atoms with Crippen molar-refractivity contribution in [1.29, 1.82) is 0 Å². The predicted molar refractivity (Wildman–Crippen MR) is 113 cm³/mol. The summed E-state index contributed by atoms with van der Waals surface area (Å²) in [5, 5.41) is 0.472. The van der Waals surface area contributed by atoms with Crippen LogP contribution in [0, 0.1) is 5.82 Å². The lowest BCUT2D eigenvalue weighted by Gasteiger charge is -2.30. The van der Waals surface area contributed by atoms with E-state index in [0.717, 1.165) is 0 Å². The molecule has 2 aromatic carbocycles. The van der Waals surface area contributed by atoms with Gasteiger partial charge >= 0.3 is 11.9 Å². The van der Waals surface area contributed by atoms with E-state index in [1.165, 1.54) is 12.1 Å². The van der Waals surface area contributed by atoms with Crippen LogP contribution in [-0.4, -0.2) is 25.2 Å². The maximum Gasteiger partial charge on any atom is 0.336 e. The van der Waals surface area contributed by atoms with Gasteiger partial charge in [-0.3, -0.25) is 0 Å². The van der Waals surface area contributed by atoms with Crippen LogP contribution >= 0.6 is 11.6 Å². The molecule has 0 spiro atoms. The maximum atomic E-state index is 13.4. The molecule has 0 atom stereocenters. The van der Waals surface area contributed by atoms with Crippen LogP contribution in [0.1, 0.15) is 25.3 Å². The number of carbonyl (C=O) groups excluding carboxylic acids is 2. The standard InChI is InChI=1S/C23H21ClFNO4/c1-3-29-22(27)19-13-26(18-10-8-17(25)9-11-18)14-20(23(28)30-4-2)21(19)15-6-5-7-16(24)12-15/h5-14,21H,3-4H2,1-2H3. The molecule has 0 fully saturated rings. The zero-order valence-corrected chi connectivity index (χ0v) is 17.4. The molecule has 0 bridgehead atoms. The van der Waals surface area contributed by atoms with E-state index in [-0.39, 0.29) is 24.4 Å². The summed E-state index contributed by atoms with van der Waals surface area (Å²) >= 11 is 6.16. The van der Waals surface area contributed by atoms with Crippen molar-refractivity contribution in [2.24, 2.45) is 0 Å². The summed E-state index contributed by atoms with van der Waals surface area (Å²) in [5.74, 6) is -2.25. The summed E-state index contributed by atoms with van der Waals surface area (Å²) in [5.41, 5.74) is 1.72. The van der Waals surface area contributed by atoms with E-state index >= 15 is 0 Å². The summed E-state index contributed by atoms with van der Waals surface area (Å²) in [7, 11) is 0. The first-order chi connectivity index (χ1) is 14.4. The van der Waals surface area contributed by atoms with Gasteiger partial charge in [-0.2, -0.15) is 0 Å². The van der Waals surface area contributed by atoms with Crippen molar-refractivity contribution in [3.63, 3.8) is 0 Å². The van der Waals surface area contributed by atoms with Crippen molar-refractivity contribution in [3.8, 4) is 0 Å². The Morgan fingerprint density at radius 2 is 1.53 bits per heavy atom. The van der Waals surface area contributed by atoms with Crippen LogP contribution in [0.2, 0.25) is 5.02 Å². The molecule has 0 amide bonds. The number of ether oxygens (including phenoxy) is 2. The highest BCUT2D eigenvalue weighted by Gasteiger charge is 2.36. The topological polar surface area (TPSA) is 55.8 Å². The number of halogens is 2. The lowest BCUT2D eigenvalue weighted by Crippen LogP contribution is -2.29. The Bertz CT molecular complexity index is 965. The number of hydrogen-bond acceptors (Lipinski definition) is 5. The minimum atomic E-state index is -0.724. The Kier molecular flexibility index (Phi) is 6.90. The van der Waals surface area contributed by atoms with E-state index in [1.54, 1.807) is 67.5 Å². The van der Waals surface area contributed by atoms with Gasteiger partial charge in [0.2, 0.25) is 0 Å². The fourth-order valence-corrected chi connectivity index (χ4v) is 3.43. The lowest BCUT2D eigenvalue weighted by atomic mass is 9.83. The predicted octanol–water partition coefficient (Wildman–Crippen LogP) is 4.98. The van der Waals surface area contributed by atoms with E-state index in [0.29, 0.717) is 16.3 Å². The summed E-state index contributed by atoms with van der Waals surface area (Å²) in [6.07, 6.45) is 3.17. The first-order valence-electron chi connectivity index (χ1n) is 9.51. The molecule has 0 aromatic heterocycles. The molecule has 5 nitrogen and oxygen atoms in total. The second-order valence-electron chi connectivity index (χ2n) is 6.48. The second-order valence-corrected chi connectivity index (χ2v) is 6.92. The molecule has 0 aliphatic carbocycles. The van der Waals surface area contributed by atoms with Crippen molar-refractivity contribution < 1.29 is 23.5 Å². The molecule has 2 aromatic rings. The third-order valence-electron chi connectivity index (χ3n) is 4.51. The van der Waals surface area contributed by atoms with Crippen molar-refractivity contribution in [3.05, 3.63) is 88.5 Å². The maximum absolute atomic E-state index is 13.4. The molecule has 0 saturated heterocycles. The monoisotopic (exact) mass is 429 g/mol. The van der Waals surface area contributed by atoms with E-state index in [9.17, 15) is 14.0 Å². The average Bonchev–Trinajstić information content (AvgIpc) is 2.73. The van der Waals surface area contributed by atoms with Crippen molar-refractivity contribution >= 4 is 29.2 Å². The fourth-order valence-electron chi connectivity index (χ4n) is 3.23. The number of nitrogens with zero attached hydrogens (tertiary/aromatic N) is 1. The molecule has 0 radical (unpaired) electrons. The Morgan fingerprint density at radius 1 is 0.967 bits per heavy atom. The van der Waals surface area contributed by atoms with Crippen LogP contribution in [0.4, 0.5) is 10.1 Å². The Morgan fingerprint density at radius 3 is 2.03 bits per heavy atom. The second kappa shape index (κ2) is 9.59. The summed E-state index contributed by atoms with van der Waals surface area (Å²) in [4.78, 5) is 27.3. The minimum absolute atomic E-state index is 0.174. The van der Waals surface area contributed by atoms with Gasteiger partial charge in [0.25, 0.3) is 0 Å². The Hall–Kier alpha value is -3.12. The molecule has 0 saturated carbocycles. The van der Waals surface area contributed by atoms with Crippen LogP contribution < -0.4 is 4.90 Å². The number of esters is 2. The summed E-state index contributed by atoms with van der Waals surface area (Å²) in [6.45, 7) is 3.76. The van der Waals surface area contributed by atoms with Gasteiger partial charge in [-0.15, -0.1) is 0 Å². The van der Waals surface area contributed by atoms with Crippen LogP contribution in [-0.2, 0) is 19.1 Å². The first-order valence-corrected chi connectivity index (χ1v) is 9.89. The van der Waals surface area contributed by atoms with E-state index in [2.05, 4.69) is 0 Å². The number of hydrogen-bond donors (Lipinski definition) is 0. The molecule has 3 rings (SSSR count). The zero-order valence-electron chi connectivity index (χ0n) is 16.6. The highest BCUT2D eigenvalue weighted by atomic mass is 35.5. The highest BCUT2D eigenvalue weighted by Crippen LogP contribution is 2.39. The number of benzene rings is 2. The Labute approximate surface area is 179 Å². The first kappa shape index (κ1) is 21.6. The molecule has 156 valence electrons. The van der Waals surface area contributed by atoms with E-state index in [1.807, 2.05) is 0 Å². The molecule has 0 N–H and O–H groups in total. The van der Waals surface area contributed by atoms with Crippen molar-refractivity contribution in [2.45, 2.75) is 19.8 Å². The Balaban J connectivity index is 2.17. The number of anilines is 1. The normalized spacial score (nSPS) is 14.1. The zero-order chi connectivity index (χ0) is 21.7. The quantitative estimate of drug-likeness (QED) is 0.606. The van der Waals surface area contributed by atoms with Crippen LogP contribution in [0.5, 0.6) is 0 Å². The van der Waals surface area contributed by atoms with Gasteiger partial charge in [-0.25, -0.2) is 14.0 Å². The molecular weight excluding hydrogens is 409 g/mol. The molecule has 1 heterocycles. The van der Waals surface area contributed by atoms with Gasteiger partial charge in [0.1, 0.15) is 5.82 Å². The van der Waals surface area contributed by atoms with Crippen molar-refractivity contribution in [1.82, 2.24) is 0 Å². The molecular formula is C23H21ClFNO4. The molecule has 0 unspecified atom stereocenters. The third-order valence-corrected chi connectivity index (χ3v) is 4.74. The number of rotatable bonds is 6. The van der Waals surface area contributed by atoms with Gasteiger partial charge < -0.3 is 14.4 Å². The third kappa shape index (κ3) is 4.71. The van der Waals surface area contributed by atoms with Gasteiger partial charge in [0.15, 0.2) is 0 Å². The summed E-state index contributed by atoms with van der Waals surface area (Å²) < 4.78 is 23.9. The summed E-state index contributed by atoms with van der Waals surface area (Å²) in [6, 6.07) is 12.6. The molecule has 1 aliphatic rings. The fraction of sp³-hybridized carbons (Fsp3) is 0.217. The number of carbonyl (C=O) groups is 2. The van der Waals surface area contributed by atoms with Gasteiger partial charge in [0, 0.05) is 23.1 Å². The van der Waals surface area contributed by atoms with Gasteiger partial charge in [-0.1, -0.05) is 23.7 Å². The molecule has 7 heteroatoms. The lowest BCUT2D eigenvalue weighted by molar-refractivity contribution is -0.139. The van der Waals surface area contributed by atoms with Crippen LogP contribution in [0.3, 0.4) is 0 Å². The smallest absolute Gasteiger partial charge is 0.336 e. The minimum Gasteiger partial charge on any atom is -0.463 e. The molecule has 30 heavy (non-hydrogen) atoms. The highest BCUT2D eigenvalue weighted by molar-refractivity contribution is 6.30. The average molecular weight is 430 g/mol. The SMILES string of the molecule is CCOC(=O)C1=CN(c2ccc(F)cc2)C=C(C(=O)OCC)C1c1cccc(Cl)c1. The van der Waals surface area contributed by atoms with Gasteiger partial charge in [0.05, 0.1) is 30.3 Å². The van der Waals surface area contributed by atoms with Gasteiger partial charge in [-0.05, 0) is 55.8 Å². The van der Waals surface area contributed by atoms with E-state index < -0.39 is 23.7 Å². The molecule has 1 aliphatic heterocycles. The van der Waals surface area contributed by atoms with Crippen molar-refractivity contribution in [2.75, 3.05) is 18.1 Å². The van der Waals surface area contributed by atoms with Crippen LogP contribution in [0.15, 0.2) is 72.1 Å².